The lowest BCUT2D eigenvalue weighted by molar-refractivity contribution is 0.262. The number of hydrogen-bond donors (Lipinski definition) is 3. The molecule has 0 radical (unpaired) electrons. The SMILES string of the molecule is Cc1ccc(S(=O)(=O)c2c(O)c(C)cc(NC(=O)Nc3ccccc3)c2C(C)C)cc1. The normalized spacial score (nSPS) is 11.4. The Morgan fingerprint density at radius 2 is 1.55 bits per heavy atom. The zero-order valence-electron chi connectivity index (χ0n) is 17.9. The molecule has 31 heavy (non-hydrogen) atoms. The topological polar surface area (TPSA) is 95.5 Å². The van der Waals surface area contributed by atoms with Crippen molar-refractivity contribution in [2.75, 3.05) is 10.6 Å². The Balaban J connectivity index is 2.11. The minimum atomic E-state index is -4.02. The molecule has 3 aromatic carbocycles. The van der Waals surface area contributed by atoms with Crippen molar-refractivity contribution in [2.24, 2.45) is 0 Å². The Morgan fingerprint density at radius 3 is 2.13 bits per heavy atom. The summed E-state index contributed by atoms with van der Waals surface area (Å²) in [7, 11) is -4.02. The molecule has 0 bridgehead atoms. The summed E-state index contributed by atoms with van der Waals surface area (Å²) in [5.74, 6) is -0.591. The first-order valence-electron chi connectivity index (χ1n) is 9.92. The van der Waals surface area contributed by atoms with Crippen LogP contribution < -0.4 is 10.6 Å². The zero-order valence-corrected chi connectivity index (χ0v) is 18.7. The number of hydrogen-bond acceptors (Lipinski definition) is 4. The number of aryl methyl sites for hydroxylation is 2. The number of aromatic hydroxyl groups is 1. The number of urea groups is 1. The second-order valence-electron chi connectivity index (χ2n) is 7.75. The van der Waals surface area contributed by atoms with E-state index in [1.165, 1.54) is 12.1 Å². The molecule has 0 fully saturated rings. The summed E-state index contributed by atoms with van der Waals surface area (Å²) in [5, 5.41) is 16.2. The van der Waals surface area contributed by atoms with Crippen molar-refractivity contribution in [3.05, 3.63) is 77.4 Å². The van der Waals surface area contributed by atoms with Gasteiger partial charge in [-0.15, -0.1) is 0 Å². The van der Waals surface area contributed by atoms with Gasteiger partial charge in [-0.2, -0.15) is 0 Å². The zero-order chi connectivity index (χ0) is 22.8. The Hall–Kier alpha value is -3.32. The fourth-order valence-electron chi connectivity index (χ4n) is 3.38. The van der Waals surface area contributed by atoms with Crippen LogP contribution in [0.3, 0.4) is 0 Å². The van der Waals surface area contributed by atoms with Gasteiger partial charge in [0.1, 0.15) is 10.6 Å². The van der Waals surface area contributed by atoms with E-state index in [1.54, 1.807) is 49.4 Å². The van der Waals surface area contributed by atoms with Crippen molar-refractivity contribution < 1.29 is 18.3 Å². The summed E-state index contributed by atoms with van der Waals surface area (Å²) in [6.07, 6.45) is 0. The maximum atomic E-state index is 13.5. The first kappa shape index (κ1) is 22.4. The minimum absolute atomic E-state index is 0.0839. The molecule has 0 saturated carbocycles. The fraction of sp³-hybridized carbons (Fsp3) is 0.208. The van der Waals surface area contributed by atoms with E-state index in [0.29, 0.717) is 22.5 Å². The first-order valence-corrected chi connectivity index (χ1v) is 11.4. The largest absolute Gasteiger partial charge is 0.506 e. The Labute approximate surface area is 182 Å². The number of sulfone groups is 1. The number of anilines is 2. The van der Waals surface area contributed by atoms with Crippen molar-refractivity contribution in [3.63, 3.8) is 0 Å². The molecule has 162 valence electrons. The number of amides is 2. The molecule has 0 aromatic heterocycles. The molecular formula is C24H26N2O4S. The molecule has 0 spiro atoms. The van der Waals surface area contributed by atoms with Gasteiger partial charge in [-0.3, -0.25) is 0 Å². The van der Waals surface area contributed by atoms with Gasteiger partial charge in [-0.25, -0.2) is 13.2 Å². The first-order chi connectivity index (χ1) is 14.6. The van der Waals surface area contributed by atoms with Gasteiger partial charge in [-0.05, 0) is 55.7 Å². The number of para-hydroxylation sites is 1. The maximum absolute atomic E-state index is 13.5. The molecule has 0 aliphatic heterocycles. The van der Waals surface area contributed by atoms with Crippen molar-refractivity contribution in [1.82, 2.24) is 0 Å². The summed E-state index contributed by atoms with van der Waals surface area (Å²) in [6, 6.07) is 16.5. The van der Waals surface area contributed by atoms with E-state index in [2.05, 4.69) is 10.6 Å². The Kier molecular flexibility index (Phi) is 6.36. The smallest absolute Gasteiger partial charge is 0.323 e. The lowest BCUT2D eigenvalue weighted by Crippen LogP contribution is -2.21. The number of phenols is 1. The number of nitrogens with one attached hydrogen (secondary N) is 2. The van der Waals surface area contributed by atoms with Crippen molar-refractivity contribution >= 4 is 27.2 Å². The number of benzene rings is 3. The average Bonchev–Trinajstić information content (AvgIpc) is 2.71. The summed E-state index contributed by atoms with van der Waals surface area (Å²) in [4.78, 5) is 12.5. The predicted octanol–water partition coefficient (Wildman–Crippen LogP) is 5.61. The summed E-state index contributed by atoms with van der Waals surface area (Å²) in [6.45, 7) is 7.11. The molecule has 0 aliphatic carbocycles. The maximum Gasteiger partial charge on any atom is 0.323 e. The Bertz CT molecular complexity index is 1200. The highest BCUT2D eigenvalue weighted by molar-refractivity contribution is 7.91. The third kappa shape index (κ3) is 4.72. The molecule has 0 saturated heterocycles. The molecule has 0 atom stereocenters. The molecular weight excluding hydrogens is 412 g/mol. The van der Waals surface area contributed by atoms with Gasteiger partial charge >= 0.3 is 6.03 Å². The van der Waals surface area contributed by atoms with E-state index in [1.807, 2.05) is 26.8 Å². The van der Waals surface area contributed by atoms with E-state index >= 15 is 0 Å². The van der Waals surface area contributed by atoms with Crippen molar-refractivity contribution in [2.45, 2.75) is 43.4 Å². The van der Waals surface area contributed by atoms with Gasteiger partial charge < -0.3 is 15.7 Å². The van der Waals surface area contributed by atoms with Crippen LogP contribution in [-0.2, 0) is 9.84 Å². The van der Waals surface area contributed by atoms with Crippen LogP contribution in [0.5, 0.6) is 5.75 Å². The molecule has 2 amide bonds. The molecule has 3 N–H and O–H groups in total. The van der Waals surface area contributed by atoms with Crippen LogP contribution in [-0.4, -0.2) is 19.6 Å². The fourth-order valence-corrected chi connectivity index (χ4v) is 5.16. The van der Waals surface area contributed by atoms with Crippen LogP contribution in [0.2, 0.25) is 0 Å². The molecule has 6 nitrogen and oxygen atoms in total. The van der Waals surface area contributed by atoms with E-state index in [-0.39, 0.29) is 21.5 Å². The van der Waals surface area contributed by atoms with Gasteiger partial charge in [-0.1, -0.05) is 49.7 Å². The van der Waals surface area contributed by atoms with Crippen LogP contribution >= 0.6 is 0 Å². The summed E-state index contributed by atoms with van der Waals surface area (Å²) >= 11 is 0. The molecule has 0 aliphatic rings. The van der Waals surface area contributed by atoms with Gasteiger partial charge in [0.25, 0.3) is 0 Å². The highest BCUT2D eigenvalue weighted by atomic mass is 32.2. The number of phenolic OH excluding ortho intramolecular Hbond substituents is 1. The molecule has 0 unspecified atom stereocenters. The summed E-state index contributed by atoms with van der Waals surface area (Å²) in [5.41, 5.74) is 2.58. The predicted molar refractivity (Wildman–Crippen MR) is 123 cm³/mol. The highest BCUT2D eigenvalue weighted by Crippen LogP contribution is 2.42. The lowest BCUT2D eigenvalue weighted by atomic mass is 9.98. The van der Waals surface area contributed by atoms with Crippen molar-refractivity contribution in [3.8, 4) is 5.75 Å². The highest BCUT2D eigenvalue weighted by Gasteiger charge is 2.30. The summed E-state index contributed by atoms with van der Waals surface area (Å²) < 4.78 is 27.0. The third-order valence-corrected chi connectivity index (χ3v) is 6.78. The van der Waals surface area contributed by atoms with Gasteiger partial charge in [0.05, 0.1) is 4.90 Å². The van der Waals surface area contributed by atoms with E-state index in [9.17, 15) is 18.3 Å². The average molecular weight is 439 g/mol. The Morgan fingerprint density at radius 1 is 0.935 bits per heavy atom. The van der Waals surface area contributed by atoms with Gasteiger partial charge in [0, 0.05) is 16.9 Å². The van der Waals surface area contributed by atoms with Crippen LogP contribution in [0.1, 0.15) is 36.5 Å². The van der Waals surface area contributed by atoms with E-state index in [4.69, 9.17) is 0 Å². The van der Waals surface area contributed by atoms with Crippen molar-refractivity contribution in [1.29, 1.82) is 0 Å². The van der Waals surface area contributed by atoms with E-state index in [0.717, 1.165) is 5.56 Å². The van der Waals surface area contributed by atoms with Gasteiger partial charge in [0.15, 0.2) is 0 Å². The number of carbonyl (C=O) groups excluding carboxylic acids is 1. The quantitative estimate of drug-likeness (QED) is 0.451. The molecule has 3 rings (SSSR count). The molecule has 7 heteroatoms. The van der Waals surface area contributed by atoms with Crippen LogP contribution in [0.4, 0.5) is 16.2 Å². The lowest BCUT2D eigenvalue weighted by Gasteiger charge is -2.21. The van der Waals surface area contributed by atoms with Crippen LogP contribution in [0, 0.1) is 13.8 Å². The molecule has 3 aromatic rings. The minimum Gasteiger partial charge on any atom is -0.506 e. The second-order valence-corrected chi connectivity index (χ2v) is 9.64. The number of carbonyl (C=O) groups is 1. The van der Waals surface area contributed by atoms with Gasteiger partial charge in [0.2, 0.25) is 9.84 Å². The molecule has 0 heterocycles. The standard InChI is InChI=1S/C24H26N2O4S/c1-15(2)21-20(26-24(28)25-18-8-6-5-7-9-18)14-17(4)22(27)23(21)31(29,30)19-12-10-16(3)11-13-19/h5-15,27H,1-4H3,(H2,25,26,28). The van der Waals surface area contributed by atoms with Crippen LogP contribution in [0.15, 0.2) is 70.5 Å². The second kappa shape index (κ2) is 8.81. The number of rotatable bonds is 5. The monoisotopic (exact) mass is 438 g/mol. The third-order valence-electron chi connectivity index (χ3n) is 4.94. The van der Waals surface area contributed by atoms with Crippen LogP contribution in [0.25, 0.3) is 0 Å². The van der Waals surface area contributed by atoms with E-state index < -0.39 is 15.9 Å².